The van der Waals surface area contributed by atoms with Crippen molar-refractivity contribution in [2.75, 3.05) is 20.1 Å². The standard InChI is InChI=1S/C15H26N2O/c1-15(2)6-4-8-17(9-7-15)12-14-13(11-16-3)5-10-18-14/h5,10,16H,4,6-9,11-12H2,1-3H3. The van der Waals surface area contributed by atoms with E-state index in [2.05, 4.69) is 30.1 Å². The number of nitrogens with one attached hydrogen (secondary N) is 1. The van der Waals surface area contributed by atoms with Crippen LogP contribution in [0.15, 0.2) is 16.7 Å². The van der Waals surface area contributed by atoms with Crippen LogP contribution in [-0.2, 0) is 13.1 Å². The number of furan rings is 1. The van der Waals surface area contributed by atoms with Crippen molar-refractivity contribution in [1.82, 2.24) is 10.2 Å². The fourth-order valence-corrected chi connectivity index (χ4v) is 2.69. The van der Waals surface area contributed by atoms with E-state index in [0.29, 0.717) is 5.41 Å². The largest absolute Gasteiger partial charge is 0.468 e. The SMILES string of the molecule is CNCc1ccoc1CN1CCCC(C)(C)CC1. The molecule has 3 heteroatoms. The minimum Gasteiger partial charge on any atom is -0.468 e. The smallest absolute Gasteiger partial charge is 0.122 e. The maximum atomic E-state index is 5.63. The zero-order chi connectivity index (χ0) is 13.0. The van der Waals surface area contributed by atoms with Crippen LogP contribution < -0.4 is 5.32 Å². The first kappa shape index (κ1) is 13.6. The summed E-state index contributed by atoms with van der Waals surface area (Å²) in [7, 11) is 1.98. The van der Waals surface area contributed by atoms with Gasteiger partial charge in [0.1, 0.15) is 5.76 Å². The van der Waals surface area contributed by atoms with Gasteiger partial charge in [-0.05, 0) is 50.9 Å². The summed E-state index contributed by atoms with van der Waals surface area (Å²) in [4.78, 5) is 2.53. The van der Waals surface area contributed by atoms with E-state index in [1.165, 1.54) is 37.9 Å². The van der Waals surface area contributed by atoms with Crippen LogP contribution in [-0.4, -0.2) is 25.0 Å². The molecule has 1 aliphatic heterocycles. The van der Waals surface area contributed by atoms with E-state index in [1.54, 1.807) is 0 Å². The van der Waals surface area contributed by atoms with Gasteiger partial charge < -0.3 is 9.73 Å². The molecule has 0 unspecified atom stereocenters. The minimum absolute atomic E-state index is 0.506. The Hall–Kier alpha value is -0.800. The fourth-order valence-electron chi connectivity index (χ4n) is 2.69. The highest BCUT2D eigenvalue weighted by Gasteiger charge is 2.23. The van der Waals surface area contributed by atoms with Gasteiger partial charge in [0.25, 0.3) is 0 Å². The zero-order valence-corrected chi connectivity index (χ0v) is 12.0. The average Bonchev–Trinajstić information content (AvgIpc) is 2.66. The van der Waals surface area contributed by atoms with Crippen molar-refractivity contribution in [2.24, 2.45) is 5.41 Å². The summed E-state index contributed by atoms with van der Waals surface area (Å²) in [6, 6.07) is 2.08. The van der Waals surface area contributed by atoms with Crippen molar-refractivity contribution in [3.8, 4) is 0 Å². The number of hydrogen-bond acceptors (Lipinski definition) is 3. The summed E-state index contributed by atoms with van der Waals surface area (Å²) in [5, 5.41) is 3.19. The molecule has 1 N–H and O–H groups in total. The lowest BCUT2D eigenvalue weighted by Gasteiger charge is -2.23. The zero-order valence-electron chi connectivity index (χ0n) is 12.0. The minimum atomic E-state index is 0.506. The molecule has 1 aromatic rings. The highest BCUT2D eigenvalue weighted by Crippen LogP contribution is 2.30. The molecule has 2 heterocycles. The Bertz CT molecular complexity index is 370. The third kappa shape index (κ3) is 3.59. The van der Waals surface area contributed by atoms with Crippen molar-refractivity contribution in [1.29, 1.82) is 0 Å². The van der Waals surface area contributed by atoms with E-state index >= 15 is 0 Å². The second-order valence-electron chi connectivity index (χ2n) is 6.19. The topological polar surface area (TPSA) is 28.4 Å². The average molecular weight is 250 g/mol. The van der Waals surface area contributed by atoms with Gasteiger partial charge in [0, 0.05) is 12.1 Å². The highest BCUT2D eigenvalue weighted by atomic mass is 16.3. The summed E-state index contributed by atoms with van der Waals surface area (Å²) >= 11 is 0. The van der Waals surface area contributed by atoms with Gasteiger partial charge in [0.05, 0.1) is 12.8 Å². The molecule has 0 bridgehead atoms. The molecule has 0 aliphatic carbocycles. The van der Waals surface area contributed by atoms with Gasteiger partial charge in [-0.1, -0.05) is 13.8 Å². The van der Waals surface area contributed by atoms with Crippen LogP contribution in [0.4, 0.5) is 0 Å². The Kier molecular flexibility index (Phi) is 4.46. The molecule has 0 radical (unpaired) electrons. The molecule has 1 fully saturated rings. The molecule has 1 saturated heterocycles. The maximum Gasteiger partial charge on any atom is 0.122 e. The molecular formula is C15H26N2O. The van der Waals surface area contributed by atoms with Crippen LogP contribution in [0.25, 0.3) is 0 Å². The Balaban J connectivity index is 1.94. The molecule has 102 valence electrons. The molecule has 0 saturated carbocycles. The summed E-state index contributed by atoms with van der Waals surface area (Å²) in [6.07, 6.45) is 5.74. The van der Waals surface area contributed by atoms with Crippen LogP contribution in [0, 0.1) is 5.41 Å². The lowest BCUT2D eigenvalue weighted by Crippen LogP contribution is -2.25. The number of rotatable bonds is 4. The molecule has 0 amide bonds. The van der Waals surface area contributed by atoms with E-state index in [0.717, 1.165) is 18.8 Å². The van der Waals surface area contributed by atoms with Gasteiger partial charge in [-0.2, -0.15) is 0 Å². The Labute approximate surface area is 111 Å². The van der Waals surface area contributed by atoms with Gasteiger partial charge in [-0.3, -0.25) is 4.90 Å². The number of nitrogens with zero attached hydrogens (tertiary/aromatic N) is 1. The highest BCUT2D eigenvalue weighted by molar-refractivity contribution is 5.16. The molecule has 0 spiro atoms. The van der Waals surface area contributed by atoms with Gasteiger partial charge in [-0.25, -0.2) is 0 Å². The van der Waals surface area contributed by atoms with Crippen molar-refractivity contribution in [3.63, 3.8) is 0 Å². The molecule has 1 aromatic heterocycles. The number of likely N-dealkylation sites (tertiary alicyclic amines) is 1. The van der Waals surface area contributed by atoms with Crippen molar-refractivity contribution >= 4 is 0 Å². The predicted octanol–water partition coefficient (Wildman–Crippen LogP) is 3.01. The Morgan fingerprint density at radius 3 is 2.94 bits per heavy atom. The van der Waals surface area contributed by atoms with Gasteiger partial charge in [-0.15, -0.1) is 0 Å². The van der Waals surface area contributed by atoms with Crippen molar-refractivity contribution in [2.45, 2.75) is 46.2 Å². The first-order chi connectivity index (χ1) is 8.61. The second kappa shape index (κ2) is 5.89. The number of hydrogen-bond donors (Lipinski definition) is 1. The lowest BCUT2D eigenvalue weighted by molar-refractivity contribution is 0.237. The van der Waals surface area contributed by atoms with E-state index in [1.807, 2.05) is 13.3 Å². The molecule has 0 aromatic carbocycles. The fraction of sp³-hybridized carbons (Fsp3) is 0.733. The van der Waals surface area contributed by atoms with E-state index in [4.69, 9.17) is 4.42 Å². The van der Waals surface area contributed by atoms with Crippen LogP contribution in [0.3, 0.4) is 0 Å². The van der Waals surface area contributed by atoms with Crippen molar-refractivity contribution in [3.05, 3.63) is 23.7 Å². The summed E-state index contributed by atoms with van der Waals surface area (Å²) in [5.74, 6) is 1.13. The first-order valence-corrected chi connectivity index (χ1v) is 7.03. The van der Waals surface area contributed by atoms with E-state index < -0.39 is 0 Å². The lowest BCUT2D eigenvalue weighted by atomic mass is 9.85. The molecule has 1 aliphatic rings. The van der Waals surface area contributed by atoms with Gasteiger partial charge in [0.2, 0.25) is 0 Å². The van der Waals surface area contributed by atoms with Crippen LogP contribution in [0.5, 0.6) is 0 Å². The Morgan fingerprint density at radius 1 is 1.33 bits per heavy atom. The first-order valence-electron chi connectivity index (χ1n) is 7.03. The molecular weight excluding hydrogens is 224 g/mol. The molecule has 18 heavy (non-hydrogen) atoms. The van der Waals surface area contributed by atoms with Crippen LogP contribution >= 0.6 is 0 Å². The third-order valence-corrected chi connectivity index (χ3v) is 4.00. The third-order valence-electron chi connectivity index (χ3n) is 4.00. The summed E-state index contributed by atoms with van der Waals surface area (Å²) in [6.45, 7) is 9.01. The monoisotopic (exact) mass is 250 g/mol. The maximum absolute atomic E-state index is 5.63. The van der Waals surface area contributed by atoms with Crippen LogP contribution in [0.2, 0.25) is 0 Å². The predicted molar refractivity (Wildman–Crippen MR) is 74.4 cm³/mol. The van der Waals surface area contributed by atoms with E-state index in [-0.39, 0.29) is 0 Å². The Morgan fingerprint density at radius 2 is 2.17 bits per heavy atom. The molecule has 3 nitrogen and oxygen atoms in total. The van der Waals surface area contributed by atoms with Gasteiger partial charge >= 0.3 is 0 Å². The molecule has 0 atom stereocenters. The second-order valence-corrected chi connectivity index (χ2v) is 6.19. The normalized spacial score (nSPS) is 20.8. The van der Waals surface area contributed by atoms with E-state index in [9.17, 15) is 0 Å². The summed E-state index contributed by atoms with van der Waals surface area (Å²) in [5.41, 5.74) is 1.80. The molecule has 2 rings (SSSR count). The van der Waals surface area contributed by atoms with Crippen molar-refractivity contribution < 1.29 is 4.42 Å². The quantitative estimate of drug-likeness (QED) is 0.890. The summed E-state index contributed by atoms with van der Waals surface area (Å²) < 4.78 is 5.63. The van der Waals surface area contributed by atoms with Gasteiger partial charge in [0.15, 0.2) is 0 Å². The van der Waals surface area contributed by atoms with Crippen LogP contribution in [0.1, 0.15) is 44.4 Å².